The molecule has 1 N–H and O–H groups in total. The normalized spacial score (nSPS) is 11.6. The third-order valence-electron chi connectivity index (χ3n) is 2.90. The van der Waals surface area contributed by atoms with Gasteiger partial charge in [0, 0.05) is 17.4 Å². The predicted molar refractivity (Wildman–Crippen MR) is 93.7 cm³/mol. The number of nitrogens with one attached hydrogen (secondary N) is 1. The Balaban J connectivity index is 2.17. The standard InChI is InChI=1S/C16H13Cl2NO3S/c1-23(21,22)13-6-7-14(18)15(10-13)19-16(20)8-5-11-3-2-4-12(17)9-11/h2-10H,1H3,(H,19,20)/b8-5+. The van der Waals surface area contributed by atoms with Crippen LogP contribution in [0, 0.1) is 0 Å². The quantitative estimate of drug-likeness (QED) is 0.826. The fourth-order valence-electron chi connectivity index (χ4n) is 1.79. The van der Waals surface area contributed by atoms with Gasteiger partial charge in [-0.3, -0.25) is 4.79 Å². The molecule has 0 aliphatic heterocycles. The Kier molecular flexibility index (Phi) is 5.46. The lowest BCUT2D eigenvalue weighted by molar-refractivity contribution is -0.111. The second kappa shape index (κ2) is 7.17. The van der Waals surface area contributed by atoms with E-state index in [-0.39, 0.29) is 15.6 Å². The molecule has 4 nitrogen and oxygen atoms in total. The fraction of sp³-hybridized carbons (Fsp3) is 0.0625. The first-order valence-electron chi connectivity index (χ1n) is 6.50. The Morgan fingerprint density at radius 2 is 1.87 bits per heavy atom. The summed E-state index contributed by atoms with van der Waals surface area (Å²) >= 11 is 11.8. The summed E-state index contributed by atoms with van der Waals surface area (Å²) in [7, 11) is -3.38. The average Bonchev–Trinajstić information content (AvgIpc) is 2.46. The van der Waals surface area contributed by atoms with Crippen molar-refractivity contribution in [2.75, 3.05) is 11.6 Å². The highest BCUT2D eigenvalue weighted by Gasteiger charge is 2.11. The van der Waals surface area contributed by atoms with Gasteiger partial charge in [-0.2, -0.15) is 0 Å². The largest absolute Gasteiger partial charge is 0.321 e. The SMILES string of the molecule is CS(=O)(=O)c1ccc(Cl)c(NC(=O)/C=C/c2cccc(Cl)c2)c1. The summed E-state index contributed by atoms with van der Waals surface area (Å²) in [4.78, 5) is 12.0. The number of halogens is 2. The Hall–Kier alpha value is -1.82. The van der Waals surface area contributed by atoms with E-state index in [0.717, 1.165) is 11.8 Å². The van der Waals surface area contributed by atoms with E-state index in [4.69, 9.17) is 23.2 Å². The van der Waals surface area contributed by atoms with Crippen LogP contribution in [0.3, 0.4) is 0 Å². The Labute approximate surface area is 144 Å². The topological polar surface area (TPSA) is 63.2 Å². The lowest BCUT2D eigenvalue weighted by atomic mass is 10.2. The third kappa shape index (κ3) is 5.10. The number of hydrogen-bond acceptors (Lipinski definition) is 3. The lowest BCUT2D eigenvalue weighted by Crippen LogP contribution is -2.09. The van der Waals surface area contributed by atoms with E-state index in [1.54, 1.807) is 30.3 Å². The molecular weight excluding hydrogens is 357 g/mol. The van der Waals surface area contributed by atoms with Crippen molar-refractivity contribution in [3.63, 3.8) is 0 Å². The minimum atomic E-state index is -3.38. The molecule has 7 heteroatoms. The number of carbonyl (C=O) groups excluding carboxylic acids is 1. The van der Waals surface area contributed by atoms with Crippen molar-refractivity contribution in [1.29, 1.82) is 0 Å². The van der Waals surface area contributed by atoms with E-state index >= 15 is 0 Å². The number of anilines is 1. The molecule has 2 aromatic carbocycles. The minimum absolute atomic E-state index is 0.0796. The predicted octanol–water partition coefficient (Wildman–Crippen LogP) is 4.05. The molecule has 2 rings (SSSR count). The summed E-state index contributed by atoms with van der Waals surface area (Å²) < 4.78 is 23.1. The maximum atomic E-state index is 11.9. The maximum Gasteiger partial charge on any atom is 0.248 e. The van der Waals surface area contributed by atoms with Crippen LogP contribution < -0.4 is 5.32 Å². The van der Waals surface area contributed by atoms with Crippen molar-refractivity contribution in [3.8, 4) is 0 Å². The fourth-order valence-corrected chi connectivity index (χ4v) is 2.80. The van der Waals surface area contributed by atoms with Gasteiger partial charge in [-0.25, -0.2) is 8.42 Å². The minimum Gasteiger partial charge on any atom is -0.321 e. The van der Waals surface area contributed by atoms with Gasteiger partial charge in [0.05, 0.1) is 15.6 Å². The number of carbonyl (C=O) groups is 1. The van der Waals surface area contributed by atoms with Gasteiger partial charge < -0.3 is 5.32 Å². The molecular formula is C16H13Cl2NO3S. The number of sulfone groups is 1. The molecule has 0 aliphatic carbocycles. The van der Waals surface area contributed by atoms with Crippen molar-refractivity contribution in [2.45, 2.75) is 4.90 Å². The van der Waals surface area contributed by atoms with Crippen LogP contribution in [0.15, 0.2) is 53.4 Å². The second-order valence-corrected chi connectivity index (χ2v) is 7.65. The molecule has 0 atom stereocenters. The summed E-state index contributed by atoms with van der Waals surface area (Å²) in [5.41, 5.74) is 0.999. The highest BCUT2D eigenvalue weighted by Crippen LogP contribution is 2.25. The van der Waals surface area contributed by atoms with Crippen LogP contribution in [0.25, 0.3) is 6.08 Å². The molecule has 0 radical (unpaired) electrons. The average molecular weight is 370 g/mol. The summed E-state index contributed by atoms with van der Waals surface area (Å²) in [5.74, 6) is -0.433. The molecule has 0 unspecified atom stereocenters. The van der Waals surface area contributed by atoms with Crippen LogP contribution in [-0.2, 0) is 14.6 Å². The van der Waals surface area contributed by atoms with E-state index in [2.05, 4.69) is 5.32 Å². The first-order valence-corrected chi connectivity index (χ1v) is 9.15. The zero-order chi connectivity index (χ0) is 17.0. The van der Waals surface area contributed by atoms with Gasteiger partial charge in [0.25, 0.3) is 0 Å². The van der Waals surface area contributed by atoms with Gasteiger partial charge in [-0.05, 0) is 42.0 Å². The first-order chi connectivity index (χ1) is 10.8. The maximum absolute atomic E-state index is 11.9. The zero-order valence-corrected chi connectivity index (χ0v) is 14.4. The molecule has 0 aromatic heterocycles. The monoisotopic (exact) mass is 369 g/mol. The molecule has 0 aliphatic rings. The molecule has 1 amide bonds. The summed E-state index contributed by atoms with van der Waals surface area (Å²) in [6.45, 7) is 0. The van der Waals surface area contributed by atoms with Crippen LogP contribution in [0.1, 0.15) is 5.56 Å². The van der Waals surface area contributed by atoms with Gasteiger partial charge >= 0.3 is 0 Å². The molecule has 0 heterocycles. The van der Waals surface area contributed by atoms with Crippen LogP contribution in [0.5, 0.6) is 0 Å². The Morgan fingerprint density at radius 1 is 1.13 bits per heavy atom. The molecule has 0 spiro atoms. The van der Waals surface area contributed by atoms with E-state index in [1.165, 1.54) is 24.3 Å². The second-order valence-electron chi connectivity index (χ2n) is 4.79. The van der Waals surface area contributed by atoms with E-state index in [0.29, 0.717) is 5.02 Å². The number of hydrogen-bond donors (Lipinski definition) is 1. The summed E-state index contributed by atoms with van der Waals surface area (Å²) in [5, 5.41) is 3.37. The van der Waals surface area contributed by atoms with E-state index in [1.807, 2.05) is 0 Å². The van der Waals surface area contributed by atoms with Gasteiger partial charge in [0.1, 0.15) is 0 Å². The van der Waals surface area contributed by atoms with Crippen LogP contribution in [-0.4, -0.2) is 20.6 Å². The highest BCUT2D eigenvalue weighted by atomic mass is 35.5. The molecule has 120 valence electrons. The van der Waals surface area contributed by atoms with E-state index < -0.39 is 15.7 Å². The first kappa shape index (κ1) is 17.5. The van der Waals surface area contributed by atoms with Crippen molar-refractivity contribution in [1.82, 2.24) is 0 Å². The number of amides is 1. The molecule has 23 heavy (non-hydrogen) atoms. The summed E-state index contributed by atoms with van der Waals surface area (Å²) in [6, 6.07) is 11.1. The third-order valence-corrected chi connectivity index (χ3v) is 4.57. The van der Waals surface area contributed by atoms with Crippen LogP contribution in [0.2, 0.25) is 10.0 Å². The zero-order valence-electron chi connectivity index (χ0n) is 12.1. The van der Waals surface area contributed by atoms with Crippen molar-refractivity contribution < 1.29 is 13.2 Å². The molecule has 0 bridgehead atoms. The molecule has 0 saturated heterocycles. The highest BCUT2D eigenvalue weighted by molar-refractivity contribution is 7.90. The van der Waals surface area contributed by atoms with Gasteiger partial charge in [0.2, 0.25) is 5.91 Å². The van der Waals surface area contributed by atoms with Crippen molar-refractivity contribution >= 4 is 50.7 Å². The number of rotatable bonds is 4. The summed E-state index contributed by atoms with van der Waals surface area (Å²) in [6.07, 6.45) is 3.99. The smallest absolute Gasteiger partial charge is 0.248 e. The van der Waals surface area contributed by atoms with Gasteiger partial charge in [-0.15, -0.1) is 0 Å². The van der Waals surface area contributed by atoms with Crippen LogP contribution >= 0.6 is 23.2 Å². The van der Waals surface area contributed by atoms with Gasteiger partial charge in [-0.1, -0.05) is 35.3 Å². The molecule has 2 aromatic rings. The van der Waals surface area contributed by atoms with E-state index in [9.17, 15) is 13.2 Å². The molecule has 0 fully saturated rings. The van der Waals surface area contributed by atoms with Gasteiger partial charge in [0.15, 0.2) is 9.84 Å². The Morgan fingerprint density at radius 3 is 2.52 bits per heavy atom. The number of benzene rings is 2. The Bertz CT molecular complexity index is 877. The van der Waals surface area contributed by atoms with Crippen molar-refractivity contribution in [3.05, 3.63) is 64.1 Å². The molecule has 0 saturated carbocycles. The lowest BCUT2D eigenvalue weighted by Gasteiger charge is -2.07. The van der Waals surface area contributed by atoms with Crippen molar-refractivity contribution in [2.24, 2.45) is 0 Å². The van der Waals surface area contributed by atoms with Crippen LogP contribution in [0.4, 0.5) is 5.69 Å².